The highest BCUT2D eigenvalue weighted by Gasteiger charge is 2.50. The molecule has 2 aliphatic rings. The first-order valence-electron chi connectivity index (χ1n) is 4.66. The van der Waals surface area contributed by atoms with Crippen LogP contribution in [0.5, 0.6) is 0 Å². The van der Waals surface area contributed by atoms with Crippen LogP contribution >= 0.6 is 0 Å². The second kappa shape index (κ2) is 2.46. The molecule has 2 rings (SSSR count). The molecule has 11 heavy (non-hydrogen) atoms. The molecule has 0 radical (unpaired) electrons. The van der Waals surface area contributed by atoms with E-state index in [0.29, 0.717) is 5.92 Å². The molecule has 2 fully saturated rings. The zero-order valence-electron chi connectivity index (χ0n) is 6.92. The third-order valence-electron chi connectivity index (χ3n) is 3.42. The van der Waals surface area contributed by atoms with Crippen molar-refractivity contribution in [1.29, 1.82) is 0 Å². The maximum Gasteiger partial charge on any atom is 0.0614 e. The van der Waals surface area contributed by atoms with Gasteiger partial charge in [0, 0.05) is 5.54 Å². The summed E-state index contributed by atoms with van der Waals surface area (Å²) in [4.78, 5) is 0. The predicted octanol–water partition coefficient (Wildman–Crippen LogP) is 0.886. The van der Waals surface area contributed by atoms with E-state index < -0.39 is 0 Å². The summed E-state index contributed by atoms with van der Waals surface area (Å²) in [7, 11) is 0. The average Bonchev–Trinajstić information content (AvgIpc) is 2.75. The van der Waals surface area contributed by atoms with Gasteiger partial charge in [0.2, 0.25) is 0 Å². The van der Waals surface area contributed by atoms with Gasteiger partial charge in [-0.15, -0.1) is 0 Å². The quantitative estimate of drug-likeness (QED) is 0.590. The molecule has 64 valence electrons. The van der Waals surface area contributed by atoms with Gasteiger partial charge in [0.25, 0.3) is 0 Å². The van der Waals surface area contributed by atoms with Crippen LogP contribution in [-0.4, -0.2) is 17.3 Å². The Bertz CT molecular complexity index is 160. The number of hydrogen-bond acceptors (Lipinski definition) is 2. The lowest BCUT2D eigenvalue weighted by molar-refractivity contribution is 0.165. The van der Waals surface area contributed by atoms with Crippen molar-refractivity contribution in [3.8, 4) is 0 Å². The van der Waals surface area contributed by atoms with Crippen molar-refractivity contribution in [3.05, 3.63) is 0 Å². The summed E-state index contributed by atoms with van der Waals surface area (Å²) < 4.78 is 0. The van der Waals surface area contributed by atoms with Crippen LogP contribution in [0.1, 0.15) is 32.1 Å². The maximum absolute atomic E-state index is 9.15. The first kappa shape index (κ1) is 7.56. The minimum absolute atomic E-state index is 0.189. The Morgan fingerprint density at radius 1 is 1.45 bits per heavy atom. The molecule has 0 bridgehead atoms. The van der Waals surface area contributed by atoms with E-state index in [0.717, 1.165) is 12.3 Å². The van der Waals surface area contributed by atoms with Crippen LogP contribution in [0.2, 0.25) is 0 Å². The molecule has 0 saturated heterocycles. The van der Waals surface area contributed by atoms with Gasteiger partial charge in [-0.05, 0) is 24.7 Å². The molecule has 2 heteroatoms. The van der Waals surface area contributed by atoms with Crippen molar-refractivity contribution < 1.29 is 5.11 Å². The maximum atomic E-state index is 9.15. The molecule has 2 aliphatic carbocycles. The fraction of sp³-hybridized carbons (Fsp3) is 1.00. The molecule has 0 aromatic rings. The van der Waals surface area contributed by atoms with Crippen LogP contribution in [0.4, 0.5) is 0 Å². The first-order chi connectivity index (χ1) is 5.26. The van der Waals surface area contributed by atoms with Crippen LogP contribution in [0.3, 0.4) is 0 Å². The number of hydrogen-bond donors (Lipinski definition) is 2. The normalized spacial score (nSPS) is 49.6. The molecule has 0 amide bonds. The summed E-state index contributed by atoms with van der Waals surface area (Å²) in [5.74, 6) is 1.50. The SMILES string of the molecule is NC1(CO)CCCCC2CC21. The molecular weight excluding hydrogens is 138 g/mol. The Morgan fingerprint density at radius 2 is 2.27 bits per heavy atom. The van der Waals surface area contributed by atoms with Gasteiger partial charge in [-0.3, -0.25) is 0 Å². The van der Waals surface area contributed by atoms with E-state index in [1.165, 1.54) is 25.7 Å². The van der Waals surface area contributed by atoms with E-state index in [-0.39, 0.29) is 12.1 Å². The summed E-state index contributed by atoms with van der Waals surface area (Å²) in [6.07, 6.45) is 6.19. The summed E-state index contributed by atoms with van der Waals surface area (Å²) in [5.41, 5.74) is 5.89. The number of aliphatic hydroxyl groups excluding tert-OH is 1. The van der Waals surface area contributed by atoms with Gasteiger partial charge >= 0.3 is 0 Å². The Balaban J connectivity index is 2.07. The van der Waals surface area contributed by atoms with E-state index in [1.807, 2.05) is 0 Å². The van der Waals surface area contributed by atoms with Gasteiger partial charge in [0.15, 0.2) is 0 Å². The van der Waals surface area contributed by atoms with Crippen LogP contribution in [0.25, 0.3) is 0 Å². The minimum atomic E-state index is -0.207. The molecule has 0 aromatic heterocycles. The molecular formula is C9H17NO. The fourth-order valence-corrected chi connectivity index (χ4v) is 2.51. The van der Waals surface area contributed by atoms with Gasteiger partial charge in [-0.2, -0.15) is 0 Å². The third-order valence-corrected chi connectivity index (χ3v) is 3.42. The Morgan fingerprint density at radius 3 is 3.00 bits per heavy atom. The van der Waals surface area contributed by atoms with Gasteiger partial charge in [0.1, 0.15) is 0 Å². The van der Waals surface area contributed by atoms with Gasteiger partial charge < -0.3 is 10.8 Å². The van der Waals surface area contributed by atoms with E-state index >= 15 is 0 Å². The summed E-state index contributed by atoms with van der Waals surface area (Å²) >= 11 is 0. The molecule has 0 spiro atoms. The van der Waals surface area contributed by atoms with Gasteiger partial charge in [-0.1, -0.05) is 19.3 Å². The van der Waals surface area contributed by atoms with Crippen LogP contribution in [0.15, 0.2) is 0 Å². The van der Waals surface area contributed by atoms with Gasteiger partial charge in [-0.25, -0.2) is 0 Å². The van der Waals surface area contributed by atoms with Crippen molar-refractivity contribution in [3.63, 3.8) is 0 Å². The lowest BCUT2D eigenvalue weighted by atomic mass is 9.90. The minimum Gasteiger partial charge on any atom is -0.394 e. The molecule has 2 nitrogen and oxygen atoms in total. The van der Waals surface area contributed by atoms with E-state index in [1.54, 1.807) is 0 Å². The number of rotatable bonds is 1. The van der Waals surface area contributed by atoms with Crippen LogP contribution in [0, 0.1) is 11.8 Å². The van der Waals surface area contributed by atoms with Crippen molar-refractivity contribution in [2.24, 2.45) is 17.6 Å². The van der Waals surface area contributed by atoms with Crippen molar-refractivity contribution in [1.82, 2.24) is 0 Å². The second-order valence-electron chi connectivity index (χ2n) is 4.24. The molecule has 3 N–H and O–H groups in total. The molecule has 0 aromatic carbocycles. The zero-order valence-corrected chi connectivity index (χ0v) is 6.92. The monoisotopic (exact) mass is 155 g/mol. The second-order valence-corrected chi connectivity index (χ2v) is 4.24. The topological polar surface area (TPSA) is 46.2 Å². The molecule has 3 unspecified atom stereocenters. The Hall–Kier alpha value is -0.0800. The largest absolute Gasteiger partial charge is 0.394 e. The van der Waals surface area contributed by atoms with Crippen LogP contribution in [-0.2, 0) is 0 Å². The van der Waals surface area contributed by atoms with E-state index in [4.69, 9.17) is 10.8 Å². The number of fused-ring (bicyclic) bond motifs is 1. The highest BCUT2D eigenvalue weighted by molar-refractivity contribution is 5.05. The van der Waals surface area contributed by atoms with E-state index in [2.05, 4.69) is 0 Å². The average molecular weight is 155 g/mol. The smallest absolute Gasteiger partial charge is 0.0614 e. The van der Waals surface area contributed by atoms with Crippen molar-refractivity contribution in [2.45, 2.75) is 37.6 Å². The summed E-state index contributed by atoms with van der Waals surface area (Å²) in [5, 5.41) is 9.15. The lowest BCUT2D eigenvalue weighted by Crippen LogP contribution is -2.46. The summed E-state index contributed by atoms with van der Waals surface area (Å²) in [6.45, 7) is 0.189. The summed E-state index contributed by atoms with van der Waals surface area (Å²) in [6, 6.07) is 0. The highest BCUT2D eigenvalue weighted by atomic mass is 16.3. The molecule has 2 saturated carbocycles. The first-order valence-corrected chi connectivity index (χ1v) is 4.66. The zero-order chi connectivity index (χ0) is 7.90. The highest BCUT2D eigenvalue weighted by Crippen LogP contribution is 2.51. The number of nitrogens with two attached hydrogens (primary N) is 1. The molecule has 3 atom stereocenters. The standard InChI is InChI=1S/C9H17NO/c10-9(6-11)4-2-1-3-7-5-8(7)9/h7-8,11H,1-6,10H2. The Labute approximate surface area is 67.8 Å². The van der Waals surface area contributed by atoms with Crippen molar-refractivity contribution >= 4 is 0 Å². The predicted molar refractivity (Wildman–Crippen MR) is 44.1 cm³/mol. The van der Waals surface area contributed by atoms with Gasteiger partial charge in [0.05, 0.1) is 6.61 Å². The van der Waals surface area contributed by atoms with Crippen LogP contribution < -0.4 is 5.73 Å². The molecule has 0 heterocycles. The fourth-order valence-electron chi connectivity index (χ4n) is 2.51. The Kier molecular flexibility index (Phi) is 1.69. The molecule has 0 aliphatic heterocycles. The lowest BCUT2D eigenvalue weighted by Gasteiger charge is -2.26. The third kappa shape index (κ3) is 1.18. The van der Waals surface area contributed by atoms with Crippen molar-refractivity contribution in [2.75, 3.05) is 6.61 Å². The number of aliphatic hydroxyl groups is 1. The van der Waals surface area contributed by atoms with E-state index in [9.17, 15) is 0 Å².